The van der Waals surface area contributed by atoms with Crippen LogP contribution >= 0.6 is 11.6 Å². The van der Waals surface area contributed by atoms with Gasteiger partial charge < -0.3 is 5.32 Å². The lowest BCUT2D eigenvalue weighted by molar-refractivity contribution is 0.206. The van der Waals surface area contributed by atoms with Crippen molar-refractivity contribution >= 4 is 11.6 Å². The van der Waals surface area contributed by atoms with E-state index in [9.17, 15) is 0 Å². The zero-order chi connectivity index (χ0) is 12.0. The van der Waals surface area contributed by atoms with Gasteiger partial charge >= 0.3 is 0 Å². The summed E-state index contributed by atoms with van der Waals surface area (Å²) in [5.41, 5.74) is 0.247. The lowest BCUT2D eigenvalue weighted by Gasteiger charge is -2.40. The van der Waals surface area contributed by atoms with Crippen LogP contribution < -0.4 is 5.32 Å². The monoisotopic (exact) mass is 245 g/mol. The van der Waals surface area contributed by atoms with Gasteiger partial charge in [0, 0.05) is 11.4 Å². The number of rotatable bonds is 6. The fraction of sp³-hybridized carbons (Fsp3) is 1.00. The topological polar surface area (TPSA) is 12.0 Å². The second-order valence-corrected chi connectivity index (χ2v) is 5.93. The van der Waals surface area contributed by atoms with Gasteiger partial charge in [0.2, 0.25) is 0 Å². The molecular weight excluding hydrogens is 218 g/mol. The first kappa shape index (κ1) is 14.3. The number of hydrogen-bond acceptors (Lipinski definition) is 1. The molecule has 1 rings (SSSR count). The summed E-state index contributed by atoms with van der Waals surface area (Å²) in [6.45, 7) is 8.07. The third-order valence-corrected chi connectivity index (χ3v) is 4.92. The summed E-state index contributed by atoms with van der Waals surface area (Å²) in [6.07, 6.45) is 7.75. The fourth-order valence-corrected chi connectivity index (χ4v) is 2.97. The second kappa shape index (κ2) is 6.86. The molecule has 0 heterocycles. The van der Waals surface area contributed by atoms with E-state index >= 15 is 0 Å². The first-order chi connectivity index (χ1) is 7.65. The molecule has 0 saturated heterocycles. The Morgan fingerprint density at radius 1 is 1.25 bits per heavy atom. The summed E-state index contributed by atoms with van der Waals surface area (Å²) >= 11 is 6.19. The lowest BCUT2D eigenvalue weighted by Crippen LogP contribution is -2.50. The summed E-state index contributed by atoms with van der Waals surface area (Å²) in [6, 6.07) is 0. The summed E-state index contributed by atoms with van der Waals surface area (Å²) in [5.74, 6) is 2.49. The SMILES string of the molecule is CCC(CC)CNC1(CCl)CCC(C)CC1. The zero-order valence-corrected chi connectivity index (χ0v) is 11.9. The van der Waals surface area contributed by atoms with Crippen LogP contribution in [-0.4, -0.2) is 18.0 Å². The van der Waals surface area contributed by atoms with Gasteiger partial charge in [0.1, 0.15) is 0 Å². The van der Waals surface area contributed by atoms with Crippen LogP contribution in [0, 0.1) is 11.8 Å². The number of alkyl halides is 1. The van der Waals surface area contributed by atoms with Gasteiger partial charge in [-0.25, -0.2) is 0 Å². The highest BCUT2D eigenvalue weighted by Crippen LogP contribution is 2.33. The molecule has 1 N–H and O–H groups in total. The zero-order valence-electron chi connectivity index (χ0n) is 11.2. The molecule has 0 aromatic carbocycles. The van der Waals surface area contributed by atoms with Crippen molar-refractivity contribution < 1.29 is 0 Å². The predicted octanol–water partition coefficient (Wildman–Crippen LogP) is 4.20. The van der Waals surface area contributed by atoms with Gasteiger partial charge in [0.25, 0.3) is 0 Å². The molecule has 0 aromatic rings. The highest BCUT2D eigenvalue weighted by molar-refractivity contribution is 6.18. The molecule has 0 atom stereocenters. The average Bonchev–Trinajstić information content (AvgIpc) is 2.33. The number of halogens is 1. The Balaban J connectivity index is 2.41. The molecule has 1 nitrogen and oxygen atoms in total. The molecular formula is C14H28ClN. The minimum Gasteiger partial charge on any atom is -0.310 e. The molecule has 0 spiro atoms. The number of nitrogens with one attached hydrogen (secondary N) is 1. The van der Waals surface area contributed by atoms with Crippen LogP contribution in [0.25, 0.3) is 0 Å². The molecule has 0 aromatic heterocycles. The van der Waals surface area contributed by atoms with Crippen LogP contribution in [0.15, 0.2) is 0 Å². The van der Waals surface area contributed by atoms with Crippen LogP contribution in [0.5, 0.6) is 0 Å². The molecule has 1 saturated carbocycles. The van der Waals surface area contributed by atoms with Crippen molar-refractivity contribution in [2.24, 2.45) is 11.8 Å². The maximum Gasteiger partial charge on any atom is 0.0406 e. The normalized spacial score (nSPS) is 30.9. The van der Waals surface area contributed by atoms with E-state index in [0.29, 0.717) is 0 Å². The molecule has 96 valence electrons. The van der Waals surface area contributed by atoms with Crippen molar-refractivity contribution in [1.29, 1.82) is 0 Å². The van der Waals surface area contributed by atoms with E-state index in [0.717, 1.165) is 24.3 Å². The van der Waals surface area contributed by atoms with E-state index in [1.807, 2.05) is 0 Å². The molecule has 0 amide bonds. The molecule has 1 aliphatic rings. The van der Waals surface area contributed by atoms with Gasteiger partial charge in [-0.2, -0.15) is 0 Å². The van der Waals surface area contributed by atoms with Crippen LogP contribution in [0.1, 0.15) is 59.3 Å². The largest absolute Gasteiger partial charge is 0.310 e. The number of hydrogen-bond donors (Lipinski definition) is 1. The van der Waals surface area contributed by atoms with E-state index in [-0.39, 0.29) is 5.54 Å². The molecule has 1 aliphatic carbocycles. The Morgan fingerprint density at radius 2 is 1.81 bits per heavy atom. The molecule has 0 unspecified atom stereocenters. The van der Waals surface area contributed by atoms with Crippen molar-refractivity contribution in [3.05, 3.63) is 0 Å². The molecule has 2 heteroatoms. The standard InChI is InChI=1S/C14H28ClN/c1-4-13(5-2)10-16-14(11-15)8-6-12(3)7-9-14/h12-13,16H,4-11H2,1-3H3. The van der Waals surface area contributed by atoms with Gasteiger partial charge in [0.15, 0.2) is 0 Å². The van der Waals surface area contributed by atoms with E-state index < -0.39 is 0 Å². The van der Waals surface area contributed by atoms with E-state index in [1.165, 1.54) is 38.5 Å². The third kappa shape index (κ3) is 3.92. The highest BCUT2D eigenvalue weighted by Gasteiger charge is 2.33. The Kier molecular flexibility index (Phi) is 6.13. The van der Waals surface area contributed by atoms with Crippen LogP contribution in [0.3, 0.4) is 0 Å². The molecule has 0 radical (unpaired) electrons. The van der Waals surface area contributed by atoms with E-state index in [4.69, 9.17) is 11.6 Å². The average molecular weight is 246 g/mol. The molecule has 16 heavy (non-hydrogen) atoms. The molecule has 0 bridgehead atoms. The van der Waals surface area contributed by atoms with Gasteiger partial charge in [-0.3, -0.25) is 0 Å². The molecule has 0 aliphatic heterocycles. The summed E-state index contributed by atoms with van der Waals surface area (Å²) in [5, 5.41) is 3.78. The van der Waals surface area contributed by atoms with Gasteiger partial charge in [-0.1, -0.05) is 33.6 Å². The third-order valence-electron chi connectivity index (χ3n) is 4.41. The quantitative estimate of drug-likeness (QED) is 0.692. The van der Waals surface area contributed by atoms with Crippen molar-refractivity contribution in [1.82, 2.24) is 5.32 Å². The minimum atomic E-state index is 0.247. The Labute approximate surface area is 106 Å². The Bertz CT molecular complexity index is 181. The Hall–Kier alpha value is 0.250. The summed E-state index contributed by atoms with van der Waals surface area (Å²) in [7, 11) is 0. The van der Waals surface area contributed by atoms with E-state index in [1.54, 1.807) is 0 Å². The highest BCUT2D eigenvalue weighted by atomic mass is 35.5. The first-order valence-electron chi connectivity index (χ1n) is 6.96. The fourth-order valence-electron chi connectivity index (χ4n) is 2.61. The van der Waals surface area contributed by atoms with Crippen LogP contribution in [0.4, 0.5) is 0 Å². The molecule has 1 fully saturated rings. The van der Waals surface area contributed by atoms with Crippen molar-refractivity contribution in [3.63, 3.8) is 0 Å². The summed E-state index contributed by atoms with van der Waals surface area (Å²) in [4.78, 5) is 0. The minimum absolute atomic E-state index is 0.247. The predicted molar refractivity (Wildman–Crippen MR) is 73.2 cm³/mol. The van der Waals surface area contributed by atoms with Gasteiger partial charge in [-0.05, 0) is 44.1 Å². The maximum absolute atomic E-state index is 6.19. The second-order valence-electron chi connectivity index (χ2n) is 5.66. The maximum atomic E-state index is 6.19. The van der Waals surface area contributed by atoms with Gasteiger partial charge in [0.05, 0.1) is 0 Å². The van der Waals surface area contributed by atoms with Crippen molar-refractivity contribution in [3.8, 4) is 0 Å². The van der Waals surface area contributed by atoms with Crippen LogP contribution in [0.2, 0.25) is 0 Å². The lowest BCUT2D eigenvalue weighted by atomic mass is 9.78. The summed E-state index contributed by atoms with van der Waals surface area (Å²) < 4.78 is 0. The Morgan fingerprint density at radius 3 is 2.25 bits per heavy atom. The van der Waals surface area contributed by atoms with Crippen molar-refractivity contribution in [2.45, 2.75) is 64.8 Å². The first-order valence-corrected chi connectivity index (χ1v) is 7.50. The van der Waals surface area contributed by atoms with Crippen LogP contribution in [-0.2, 0) is 0 Å². The van der Waals surface area contributed by atoms with Crippen molar-refractivity contribution in [2.75, 3.05) is 12.4 Å². The van der Waals surface area contributed by atoms with Gasteiger partial charge in [-0.15, -0.1) is 11.6 Å². The van der Waals surface area contributed by atoms with E-state index in [2.05, 4.69) is 26.1 Å². The smallest absolute Gasteiger partial charge is 0.0406 e.